The fraction of sp³-hybridized carbons (Fsp3) is 0.565. The topological polar surface area (TPSA) is 98.2 Å². The van der Waals surface area contributed by atoms with Gasteiger partial charge in [0, 0.05) is 17.0 Å². The number of likely N-dealkylation sites (tertiary alicyclic amines) is 1. The van der Waals surface area contributed by atoms with Crippen molar-refractivity contribution in [3.63, 3.8) is 0 Å². The van der Waals surface area contributed by atoms with Crippen molar-refractivity contribution in [1.82, 2.24) is 30.1 Å². The SMILES string of the molecule is COc1cc2cc([C@@H](c3nnnn3C(C)(C)C)N3CCC(C)CC3)c(=O)[nH]c2cc1OC. The van der Waals surface area contributed by atoms with Crippen molar-refractivity contribution in [2.75, 3.05) is 27.3 Å². The van der Waals surface area contributed by atoms with E-state index in [0.717, 1.165) is 31.3 Å². The highest BCUT2D eigenvalue weighted by molar-refractivity contribution is 5.83. The molecule has 1 atom stereocenters. The van der Waals surface area contributed by atoms with Crippen molar-refractivity contribution in [2.24, 2.45) is 5.92 Å². The van der Waals surface area contributed by atoms with E-state index in [0.29, 0.717) is 34.3 Å². The molecule has 0 bridgehead atoms. The van der Waals surface area contributed by atoms with Crippen LogP contribution in [0.3, 0.4) is 0 Å². The number of aromatic amines is 1. The van der Waals surface area contributed by atoms with Gasteiger partial charge in [-0.25, -0.2) is 4.68 Å². The minimum absolute atomic E-state index is 0.156. The van der Waals surface area contributed by atoms with Gasteiger partial charge in [-0.2, -0.15) is 0 Å². The summed E-state index contributed by atoms with van der Waals surface area (Å²) in [5.74, 6) is 2.53. The Morgan fingerprint density at radius 2 is 1.75 bits per heavy atom. The van der Waals surface area contributed by atoms with Crippen LogP contribution in [0, 0.1) is 5.92 Å². The van der Waals surface area contributed by atoms with Gasteiger partial charge in [-0.15, -0.1) is 5.10 Å². The van der Waals surface area contributed by atoms with Crippen LogP contribution in [0.5, 0.6) is 11.5 Å². The van der Waals surface area contributed by atoms with E-state index in [1.54, 1.807) is 20.3 Å². The molecule has 32 heavy (non-hydrogen) atoms. The third kappa shape index (κ3) is 4.09. The van der Waals surface area contributed by atoms with Gasteiger partial charge < -0.3 is 14.5 Å². The van der Waals surface area contributed by atoms with E-state index in [2.05, 4.69) is 53.1 Å². The minimum atomic E-state index is -0.349. The maximum atomic E-state index is 13.4. The molecule has 1 fully saturated rings. The van der Waals surface area contributed by atoms with Gasteiger partial charge in [-0.3, -0.25) is 9.69 Å². The molecule has 1 aliphatic rings. The number of rotatable bonds is 5. The molecule has 172 valence electrons. The van der Waals surface area contributed by atoms with Crippen LogP contribution >= 0.6 is 0 Å². The lowest BCUT2D eigenvalue weighted by atomic mass is 9.95. The van der Waals surface area contributed by atoms with Gasteiger partial charge in [0.1, 0.15) is 6.04 Å². The predicted octanol–water partition coefficient (Wildman–Crippen LogP) is 3.11. The standard InChI is InChI=1S/C23H32N6O3/c1-14-7-9-28(10-8-14)20(21-25-26-27-29(21)23(2,3)4)16-11-15-12-18(31-5)19(32-6)13-17(15)24-22(16)30/h11-14,20H,7-10H2,1-6H3,(H,24,30)/t20-/m0/s1. The highest BCUT2D eigenvalue weighted by Crippen LogP contribution is 2.35. The number of tetrazole rings is 1. The number of nitrogens with zero attached hydrogens (tertiary/aromatic N) is 5. The Morgan fingerprint density at radius 1 is 1.09 bits per heavy atom. The Balaban J connectivity index is 1.90. The zero-order valence-electron chi connectivity index (χ0n) is 19.7. The Morgan fingerprint density at radius 3 is 2.38 bits per heavy atom. The summed E-state index contributed by atoms with van der Waals surface area (Å²) in [5.41, 5.74) is 0.842. The van der Waals surface area contributed by atoms with E-state index >= 15 is 0 Å². The highest BCUT2D eigenvalue weighted by Gasteiger charge is 2.34. The molecule has 0 amide bonds. The lowest BCUT2D eigenvalue weighted by molar-refractivity contribution is 0.144. The van der Waals surface area contributed by atoms with Crippen LogP contribution in [-0.4, -0.2) is 57.4 Å². The van der Waals surface area contributed by atoms with Crippen LogP contribution in [0.4, 0.5) is 0 Å². The Labute approximate surface area is 187 Å². The number of H-pyrrole nitrogens is 1. The molecule has 1 aliphatic heterocycles. The number of aromatic nitrogens is 5. The van der Waals surface area contributed by atoms with E-state index in [1.807, 2.05) is 16.8 Å². The number of ether oxygens (including phenoxy) is 2. The van der Waals surface area contributed by atoms with E-state index in [1.165, 1.54) is 0 Å². The van der Waals surface area contributed by atoms with Crippen LogP contribution in [0.25, 0.3) is 10.9 Å². The Hall–Kier alpha value is -2.94. The molecule has 9 nitrogen and oxygen atoms in total. The third-order valence-corrected chi connectivity index (χ3v) is 6.23. The molecule has 3 aromatic rings. The molecule has 2 aromatic heterocycles. The Kier molecular flexibility index (Phi) is 5.94. The van der Waals surface area contributed by atoms with Crippen molar-refractivity contribution >= 4 is 10.9 Å². The lowest BCUT2D eigenvalue weighted by Gasteiger charge is -2.36. The molecule has 0 spiro atoms. The molecule has 9 heteroatoms. The van der Waals surface area contributed by atoms with Gasteiger partial charge in [0.25, 0.3) is 5.56 Å². The molecule has 1 aromatic carbocycles. The van der Waals surface area contributed by atoms with E-state index in [4.69, 9.17) is 9.47 Å². The van der Waals surface area contributed by atoms with Crippen LogP contribution in [0.15, 0.2) is 23.0 Å². The number of nitrogens with one attached hydrogen (secondary N) is 1. The fourth-order valence-corrected chi connectivity index (χ4v) is 4.38. The van der Waals surface area contributed by atoms with Crippen molar-refractivity contribution < 1.29 is 9.47 Å². The van der Waals surface area contributed by atoms with E-state index in [9.17, 15) is 4.79 Å². The molecule has 1 saturated heterocycles. The molecule has 1 N–H and O–H groups in total. The van der Waals surface area contributed by atoms with Crippen LogP contribution in [-0.2, 0) is 5.54 Å². The third-order valence-electron chi connectivity index (χ3n) is 6.23. The first-order valence-electron chi connectivity index (χ1n) is 11.0. The molecule has 0 radical (unpaired) electrons. The van der Waals surface area contributed by atoms with Crippen molar-refractivity contribution in [1.29, 1.82) is 0 Å². The summed E-state index contributed by atoms with van der Waals surface area (Å²) in [6, 6.07) is 5.25. The summed E-state index contributed by atoms with van der Waals surface area (Å²) in [4.78, 5) is 18.7. The number of hydrogen-bond donors (Lipinski definition) is 1. The summed E-state index contributed by atoms with van der Waals surface area (Å²) < 4.78 is 12.7. The first kappa shape index (κ1) is 22.3. The van der Waals surface area contributed by atoms with Crippen molar-refractivity contribution in [3.05, 3.63) is 39.9 Å². The quantitative estimate of drug-likeness (QED) is 0.651. The average molecular weight is 441 g/mol. The maximum Gasteiger partial charge on any atom is 0.253 e. The molecule has 4 rings (SSSR count). The summed E-state index contributed by atoms with van der Waals surface area (Å²) in [5, 5.41) is 13.5. The largest absolute Gasteiger partial charge is 0.493 e. The van der Waals surface area contributed by atoms with Gasteiger partial charge in [0.2, 0.25) is 0 Å². The number of benzene rings is 1. The number of hydrogen-bond acceptors (Lipinski definition) is 7. The Bertz CT molecular complexity index is 1150. The van der Waals surface area contributed by atoms with E-state index < -0.39 is 0 Å². The van der Waals surface area contributed by atoms with E-state index in [-0.39, 0.29) is 17.1 Å². The fourth-order valence-electron chi connectivity index (χ4n) is 4.38. The van der Waals surface area contributed by atoms with Gasteiger partial charge >= 0.3 is 0 Å². The van der Waals surface area contributed by atoms with Crippen LogP contribution in [0.1, 0.15) is 58.0 Å². The summed E-state index contributed by atoms with van der Waals surface area (Å²) in [6.07, 6.45) is 2.15. The van der Waals surface area contributed by atoms with Crippen molar-refractivity contribution in [3.8, 4) is 11.5 Å². The number of fused-ring (bicyclic) bond motifs is 1. The van der Waals surface area contributed by atoms with Crippen LogP contribution in [0.2, 0.25) is 0 Å². The highest BCUT2D eigenvalue weighted by atomic mass is 16.5. The smallest absolute Gasteiger partial charge is 0.253 e. The summed E-state index contributed by atoms with van der Waals surface area (Å²) in [7, 11) is 3.18. The van der Waals surface area contributed by atoms with Crippen LogP contribution < -0.4 is 15.0 Å². The van der Waals surface area contributed by atoms with Gasteiger partial charge in [0.05, 0.1) is 25.3 Å². The second-order valence-corrected chi connectivity index (χ2v) is 9.59. The zero-order chi connectivity index (χ0) is 23.0. The average Bonchev–Trinajstić information content (AvgIpc) is 3.25. The number of pyridine rings is 1. The molecular formula is C23H32N6O3. The van der Waals surface area contributed by atoms with Gasteiger partial charge in [-0.05, 0) is 75.2 Å². The molecule has 0 saturated carbocycles. The first-order chi connectivity index (χ1) is 15.2. The molecule has 0 aliphatic carbocycles. The predicted molar refractivity (Wildman–Crippen MR) is 122 cm³/mol. The second-order valence-electron chi connectivity index (χ2n) is 9.59. The monoisotopic (exact) mass is 440 g/mol. The minimum Gasteiger partial charge on any atom is -0.493 e. The molecular weight excluding hydrogens is 408 g/mol. The molecule has 0 unspecified atom stereocenters. The normalized spacial score (nSPS) is 16.9. The maximum absolute atomic E-state index is 13.4. The summed E-state index contributed by atoms with van der Waals surface area (Å²) >= 11 is 0. The summed E-state index contributed by atoms with van der Waals surface area (Å²) in [6.45, 7) is 10.2. The van der Waals surface area contributed by atoms with Crippen molar-refractivity contribution in [2.45, 2.75) is 52.1 Å². The van der Waals surface area contributed by atoms with Gasteiger partial charge in [-0.1, -0.05) is 6.92 Å². The second kappa shape index (κ2) is 8.54. The number of methoxy groups -OCH3 is 2. The molecule has 3 heterocycles. The first-order valence-corrected chi connectivity index (χ1v) is 11.0. The van der Waals surface area contributed by atoms with Gasteiger partial charge in [0.15, 0.2) is 17.3 Å². The number of piperidine rings is 1. The lowest BCUT2D eigenvalue weighted by Crippen LogP contribution is -2.41. The zero-order valence-corrected chi connectivity index (χ0v) is 19.7.